The molecule has 0 saturated carbocycles. The summed E-state index contributed by atoms with van der Waals surface area (Å²) >= 11 is 0. The van der Waals surface area contributed by atoms with Crippen LogP contribution in [0.5, 0.6) is 11.6 Å². The van der Waals surface area contributed by atoms with Crippen molar-refractivity contribution >= 4 is 21.7 Å². The molecule has 4 rings (SSSR count). The molecule has 2 heterocycles. The van der Waals surface area contributed by atoms with E-state index in [1.54, 1.807) is 4.72 Å². The zero-order chi connectivity index (χ0) is 25.2. The highest BCUT2D eigenvalue weighted by Gasteiger charge is 2.25. The van der Waals surface area contributed by atoms with E-state index in [2.05, 4.69) is 15.0 Å². The van der Waals surface area contributed by atoms with Crippen LogP contribution < -0.4 is 15.2 Å². The van der Waals surface area contributed by atoms with Crippen LogP contribution in [-0.4, -0.2) is 23.4 Å². The maximum absolute atomic E-state index is 14.8. The predicted octanol–water partition coefficient (Wildman–Crippen LogP) is 4.41. The SMILES string of the molecule is Nc1nccc(-c2cccnc2Oc2cc(F)c(NS(=O)(=O)Cc3ccccc3F)c(F)c2F)n1. The number of hydrogen-bond donors (Lipinski definition) is 2. The minimum Gasteiger partial charge on any atom is -0.435 e. The van der Waals surface area contributed by atoms with E-state index in [1.165, 1.54) is 48.8 Å². The van der Waals surface area contributed by atoms with Crippen LogP contribution in [0.2, 0.25) is 0 Å². The maximum atomic E-state index is 14.8. The molecule has 2 aromatic carbocycles. The summed E-state index contributed by atoms with van der Waals surface area (Å²) < 4.78 is 89.5. The predicted molar refractivity (Wildman–Crippen MR) is 119 cm³/mol. The monoisotopic (exact) mass is 505 g/mol. The van der Waals surface area contributed by atoms with Crippen molar-refractivity contribution in [2.75, 3.05) is 10.5 Å². The summed E-state index contributed by atoms with van der Waals surface area (Å²) in [4.78, 5) is 11.7. The lowest BCUT2D eigenvalue weighted by Gasteiger charge is -2.14. The fourth-order valence-corrected chi connectivity index (χ4v) is 4.26. The zero-order valence-corrected chi connectivity index (χ0v) is 18.4. The molecule has 0 unspecified atom stereocenters. The summed E-state index contributed by atoms with van der Waals surface area (Å²) in [5, 5.41) is 0. The molecule has 0 amide bonds. The number of aromatic nitrogens is 3. The van der Waals surface area contributed by atoms with Crippen LogP contribution in [0.3, 0.4) is 0 Å². The molecule has 13 heteroatoms. The van der Waals surface area contributed by atoms with Gasteiger partial charge in [-0.1, -0.05) is 18.2 Å². The van der Waals surface area contributed by atoms with Gasteiger partial charge in [0, 0.05) is 24.0 Å². The van der Waals surface area contributed by atoms with E-state index in [4.69, 9.17) is 10.5 Å². The van der Waals surface area contributed by atoms with Gasteiger partial charge in [0.15, 0.2) is 17.4 Å². The van der Waals surface area contributed by atoms with Gasteiger partial charge in [-0.25, -0.2) is 36.5 Å². The molecule has 0 atom stereocenters. The number of ether oxygens (including phenoxy) is 1. The summed E-state index contributed by atoms with van der Waals surface area (Å²) in [6.07, 6.45) is 2.65. The Morgan fingerprint density at radius 1 is 0.914 bits per heavy atom. The van der Waals surface area contributed by atoms with Crippen molar-refractivity contribution in [2.24, 2.45) is 0 Å². The first kappa shape index (κ1) is 23.9. The summed E-state index contributed by atoms with van der Waals surface area (Å²) in [5.74, 6) is -8.00. The first-order valence-electron chi connectivity index (χ1n) is 9.78. The van der Waals surface area contributed by atoms with E-state index >= 15 is 0 Å². The number of halogens is 4. The molecule has 0 aliphatic heterocycles. The standard InChI is InChI=1S/C22H15F4N5O3S/c23-14-6-2-1-4-12(14)11-35(32,33)31-20-15(24)10-17(18(25)19(20)26)34-21-13(5-3-8-28-21)16-7-9-29-22(27)30-16/h1-10,31H,11H2,(H2,27,29,30). The number of hydrogen-bond acceptors (Lipinski definition) is 7. The Kier molecular flexibility index (Phi) is 6.51. The lowest BCUT2D eigenvalue weighted by Crippen LogP contribution is -2.18. The maximum Gasteiger partial charge on any atom is 0.237 e. The number of pyridine rings is 1. The van der Waals surface area contributed by atoms with E-state index in [9.17, 15) is 26.0 Å². The highest BCUT2D eigenvalue weighted by Crippen LogP contribution is 2.35. The number of nitrogens with zero attached hydrogens (tertiary/aromatic N) is 3. The van der Waals surface area contributed by atoms with Gasteiger partial charge in [0.2, 0.25) is 27.7 Å². The topological polar surface area (TPSA) is 120 Å². The Morgan fingerprint density at radius 2 is 1.69 bits per heavy atom. The number of nitrogens with two attached hydrogens (primary N) is 1. The minimum absolute atomic E-state index is 0.0624. The van der Waals surface area contributed by atoms with Crippen LogP contribution in [-0.2, 0) is 15.8 Å². The largest absolute Gasteiger partial charge is 0.435 e. The van der Waals surface area contributed by atoms with Gasteiger partial charge in [-0.05, 0) is 24.3 Å². The number of sulfonamides is 1. The van der Waals surface area contributed by atoms with Crippen molar-refractivity contribution in [2.45, 2.75) is 5.75 Å². The Labute approximate surface area is 196 Å². The fraction of sp³-hybridized carbons (Fsp3) is 0.0455. The molecule has 4 aromatic rings. The molecular formula is C22H15F4N5O3S. The molecule has 35 heavy (non-hydrogen) atoms. The van der Waals surface area contributed by atoms with Crippen molar-refractivity contribution in [3.8, 4) is 22.9 Å². The van der Waals surface area contributed by atoms with E-state index in [0.29, 0.717) is 6.07 Å². The number of anilines is 2. The van der Waals surface area contributed by atoms with Crippen LogP contribution in [0.25, 0.3) is 11.3 Å². The average Bonchev–Trinajstić information content (AvgIpc) is 2.82. The van der Waals surface area contributed by atoms with Crippen molar-refractivity contribution < 1.29 is 30.7 Å². The van der Waals surface area contributed by atoms with Gasteiger partial charge in [-0.15, -0.1) is 0 Å². The quantitative estimate of drug-likeness (QED) is 0.282. The van der Waals surface area contributed by atoms with Gasteiger partial charge in [-0.2, -0.15) is 4.39 Å². The first-order chi connectivity index (χ1) is 16.6. The molecule has 0 bridgehead atoms. The number of rotatable bonds is 7. The Hall–Kier alpha value is -4.26. The van der Waals surface area contributed by atoms with Gasteiger partial charge in [0.25, 0.3) is 0 Å². The molecule has 0 fully saturated rings. The van der Waals surface area contributed by atoms with E-state index < -0.39 is 50.5 Å². The molecule has 3 N–H and O–H groups in total. The van der Waals surface area contributed by atoms with Crippen LogP contribution in [0.4, 0.5) is 29.2 Å². The van der Waals surface area contributed by atoms with Gasteiger partial charge in [0.1, 0.15) is 11.5 Å². The molecule has 0 spiro atoms. The van der Waals surface area contributed by atoms with Crippen molar-refractivity contribution in [3.05, 3.63) is 89.8 Å². The lowest BCUT2D eigenvalue weighted by molar-refractivity contribution is 0.401. The van der Waals surface area contributed by atoms with Crippen molar-refractivity contribution in [1.29, 1.82) is 0 Å². The van der Waals surface area contributed by atoms with Gasteiger partial charge < -0.3 is 10.5 Å². The van der Waals surface area contributed by atoms with E-state index in [-0.39, 0.29) is 28.6 Å². The highest BCUT2D eigenvalue weighted by atomic mass is 32.2. The molecule has 0 aliphatic rings. The third-order valence-electron chi connectivity index (χ3n) is 4.61. The molecule has 180 valence electrons. The Balaban J connectivity index is 1.64. The summed E-state index contributed by atoms with van der Waals surface area (Å²) in [6, 6.07) is 9.89. The summed E-state index contributed by atoms with van der Waals surface area (Å²) in [5.41, 5.74) is 4.51. The Bertz CT molecular complexity index is 1520. The Morgan fingerprint density at radius 3 is 2.43 bits per heavy atom. The molecule has 0 radical (unpaired) electrons. The molecule has 0 saturated heterocycles. The minimum atomic E-state index is -4.51. The highest BCUT2D eigenvalue weighted by molar-refractivity contribution is 7.91. The van der Waals surface area contributed by atoms with Crippen molar-refractivity contribution in [1.82, 2.24) is 15.0 Å². The van der Waals surface area contributed by atoms with Crippen LogP contribution in [0.15, 0.2) is 60.9 Å². The second-order valence-corrected chi connectivity index (χ2v) is 8.79. The molecule has 2 aromatic heterocycles. The van der Waals surface area contributed by atoms with Gasteiger partial charge >= 0.3 is 0 Å². The number of nitrogens with one attached hydrogen (secondary N) is 1. The third kappa shape index (κ3) is 5.30. The first-order valence-corrected chi connectivity index (χ1v) is 11.4. The second-order valence-electron chi connectivity index (χ2n) is 7.07. The number of nitrogen functional groups attached to an aromatic ring is 1. The van der Waals surface area contributed by atoms with Crippen LogP contribution in [0.1, 0.15) is 5.56 Å². The summed E-state index contributed by atoms with van der Waals surface area (Å²) in [6.45, 7) is 0. The number of benzene rings is 2. The third-order valence-corrected chi connectivity index (χ3v) is 5.82. The summed E-state index contributed by atoms with van der Waals surface area (Å²) in [7, 11) is -4.51. The van der Waals surface area contributed by atoms with Crippen LogP contribution in [0, 0.1) is 23.3 Å². The fourth-order valence-electron chi connectivity index (χ4n) is 3.05. The lowest BCUT2D eigenvalue weighted by atomic mass is 10.2. The molecular weight excluding hydrogens is 490 g/mol. The zero-order valence-electron chi connectivity index (χ0n) is 17.5. The van der Waals surface area contributed by atoms with Crippen LogP contribution >= 0.6 is 0 Å². The second kappa shape index (κ2) is 9.54. The molecule has 0 aliphatic carbocycles. The van der Waals surface area contributed by atoms with Gasteiger partial charge in [0.05, 0.1) is 17.0 Å². The average molecular weight is 505 g/mol. The smallest absolute Gasteiger partial charge is 0.237 e. The molecule has 8 nitrogen and oxygen atoms in total. The van der Waals surface area contributed by atoms with Gasteiger partial charge in [-0.3, -0.25) is 4.72 Å². The van der Waals surface area contributed by atoms with E-state index in [1.807, 2.05) is 0 Å². The van der Waals surface area contributed by atoms with E-state index in [0.717, 1.165) is 6.07 Å². The normalized spacial score (nSPS) is 11.3. The van der Waals surface area contributed by atoms with Crippen molar-refractivity contribution in [3.63, 3.8) is 0 Å².